The molecule has 0 aliphatic rings. The van der Waals surface area contributed by atoms with Gasteiger partial charge in [-0.05, 0) is 29.8 Å². The number of thiophene rings is 1. The minimum Gasteiger partial charge on any atom is -0.268 e. The monoisotopic (exact) mass is 363 g/mol. The Hall–Kier alpha value is -2.76. The van der Waals surface area contributed by atoms with Crippen LogP contribution in [-0.4, -0.2) is 14.4 Å². The van der Waals surface area contributed by atoms with Gasteiger partial charge in [0, 0.05) is 16.0 Å². The summed E-state index contributed by atoms with van der Waals surface area (Å²) in [5.41, 5.74) is 3.23. The van der Waals surface area contributed by atoms with Crippen LogP contribution in [0.2, 0.25) is 5.02 Å². The van der Waals surface area contributed by atoms with Crippen LogP contribution in [0.1, 0.15) is 0 Å². The fourth-order valence-electron chi connectivity index (χ4n) is 3.04. The summed E-state index contributed by atoms with van der Waals surface area (Å²) >= 11 is 7.54. The fraction of sp³-hybridized carbons (Fsp3) is 0. The molecule has 0 radical (unpaired) electrons. The highest BCUT2D eigenvalue weighted by molar-refractivity contribution is 7.17. The predicted octanol–water partition coefficient (Wildman–Crippen LogP) is 4.78. The minimum atomic E-state index is -0.108. The smallest absolute Gasteiger partial charge is 0.266 e. The molecular weight excluding hydrogens is 354 g/mol. The van der Waals surface area contributed by atoms with Gasteiger partial charge in [-0.25, -0.2) is 14.4 Å². The van der Waals surface area contributed by atoms with E-state index in [4.69, 9.17) is 16.6 Å². The van der Waals surface area contributed by atoms with Crippen molar-refractivity contribution in [3.63, 3.8) is 0 Å². The molecule has 0 amide bonds. The van der Waals surface area contributed by atoms with Crippen molar-refractivity contribution < 1.29 is 0 Å². The summed E-state index contributed by atoms with van der Waals surface area (Å²) in [6.07, 6.45) is 1.56. The van der Waals surface area contributed by atoms with E-state index in [9.17, 15) is 4.79 Å². The van der Waals surface area contributed by atoms with Crippen LogP contribution in [0.15, 0.2) is 65.0 Å². The molecule has 0 fully saturated rings. The highest BCUT2D eigenvalue weighted by Gasteiger charge is 2.15. The first-order valence-corrected chi connectivity index (χ1v) is 8.91. The normalized spacial score (nSPS) is 11.6. The minimum absolute atomic E-state index is 0.108. The Morgan fingerprint density at radius 1 is 1.04 bits per heavy atom. The molecule has 0 N–H and O–H groups in total. The molecule has 0 aliphatic heterocycles. The van der Waals surface area contributed by atoms with Crippen molar-refractivity contribution in [3.05, 3.63) is 75.6 Å². The molecule has 0 aliphatic carbocycles. The van der Waals surface area contributed by atoms with Gasteiger partial charge in [0.1, 0.15) is 11.2 Å². The van der Waals surface area contributed by atoms with Gasteiger partial charge in [0.05, 0.1) is 16.3 Å². The van der Waals surface area contributed by atoms with E-state index in [0.717, 1.165) is 21.3 Å². The van der Waals surface area contributed by atoms with E-state index in [1.54, 1.807) is 12.4 Å². The number of nitrogens with zero attached hydrogens (tertiary/aromatic N) is 3. The second kappa shape index (κ2) is 5.37. The molecule has 120 valence electrons. The van der Waals surface area contributed by atoms with Crippen LogP contribution in [0.25, 0.3) is 37.9 Å². The molecule has 25 heavy (non-hydrogen) atoms. The summed E-state index contributed by atoms with van der Waals surface area (Å²) in [7, 11) is 0. The quantitative estimate of drug-likeness (QED) is 0.403. The first-order chi connectivity index (χ1) is 12.2. The lowest BCUT2D eigenvalue weighted by molar-refractivity contribution is 1.04. The molecule has 0 saturated heterocycles. The van der Waals surface area contributed by atoms with Gasteiger partial charge >= 0.3 is 0 Å². The lowest BCUT2D eigenvalue weighted by atomic mass is 10.1. The zero-order chi connectivity index (χ0) is 17.0. The molecule has 0 saturated carbocycles. The third-order valence-electron chi connectivity index (χ3n) is 4.25. The van der Waals surface area contributed by atoms with E-state index in [2.05, 4.69) is 4.98 Å². The van der Waals surface area contributed by atoms with Crippen LogP contribution in [-0.2, 0) is 0 Å². The number of hydrogen-bond donors (Lipinski definition) is 0. The molecular formula is C19H10ClN3OS. The molecule has 2 aromatic carbocycles. The number of aromatic nitrogens is 3. The number of benzene rings is 2. The molecule has 0 unspecified atom stereocenters. The third-order valence-corrected chi connectivity index (χ3v) is 5.39. The van der Waals surface area contributed by atoms with Crippen LogP contribution in [0.3, 0.4) is 0 Å². The van der Waals surface area contributed by atoms with Crippen molar-refractivity contribution in [1.29, 1.82) is 0 Å². The van der Waals surface area contributed by atoms with Crippen molar-refractivity contribution in [2.24, 2.45) is 0 Å². The Labute approximate surface area is 151 Å². The van der Waals surface area contributed by atoms with Crippen LogP contribution in [0, 0.1) is 0 Å². The molecule has 3 aromatic heterocycles. The predicted molar refractivity (Wildman–Crippen MR) is 103 cm³/mol. The van der Waals surface area contributed by atoms with E-state index in [1.807, 2.05) is 47.8 Å². The standard InChI is InChI=1S/C19H10ClN3OS/c20-12-7-5-11(6-8-12)14-9-25-18-16(14)17-22-15-4-2-1-3-13(15)19(24)23(17)10-21-18/h1-10H. The van der Waals surface area contributed by atoms with Crippen molar-refractivity contribution in [1.82, 2.24) is 14.4 Å². The maximum Gasteiger partial charge on any atom is 0.266 e. The van der Waals surface area contributed by atoms with Crippen LogP contribution in [0.5, 0.6) is 0 Å². The third kappa shape index (κ3) is 2.17. The average Bonchev–Trinajstić information content (AvgIpc) is 3.07. The molecule has 3 heterocycles. The van der Waals surface area contributed by atoms with E-state index in [0.29, 0.717) is 21.6 Å². The zero-order valence-electron chi connectivity index (χ0n) is 12.8. The summed E-state index contributed by atoms with van der Waals surface area (Å²) in [5, 5.41) is 4.20. The summed E-state index contributed by atoms with van der Waals surface area (Å²) in [6.45, 7) is 0. The molecule has 5 rings (SSSR count). The van der Waals surface area contributed by atoms with Gasteiger partial charge in [-0.15, -0.1) is 11.3 Å². The Morgan fingerprint density at radius 3 is 2.68 bits per heavy atom. The van der Waals surface area contributed by atoms with Crippen molar-refractivity contribution in [2.75, 3.05) is 0 Å². The molecule has 0 spiro atoms. The summed E-state index contributed by atoms with van der Waals surface area (Å²) in [4.78, 5) is 22.9. The second-order valence-electron chi connectivity index (χ2n) is 5.71. The highest BCUT2D eigenvalue weighted by Crippen LogP contribution is 2.35. The van der Waals surface area contributed by atoms with Crippen molar-refractivity contribution >= 4 is 49.7 Å². The highest BCUT2D eigenvalue weighted by atomic mass is 35.5. The van der Waals surface area contributed by atoms with Gasteiger partial charge in [0.15, 0.2) is 5.65 Å². The largest absolute Gasteiger partial charge is 0.268 e. The number of fused-ring (bicyclic) bond motifs is 4. The summed E-state index contributed by atoms with van der Waals surface area (Å²) in [5.74, 6) is 0. The van der Waals surface area contributed by atoms with E-state index >= 15 is 0 Å². The SMILES string of the molecule is O=c1c2ccccc2nc2c3c(-c4ccc(Cl)cc4)csc3ncn12. The Kier molecular flexibility index (Phi) is 3.13. The van der Waals surface area contributed by atoms with Gasteiger partial charge < -0.3 is 0 Å². The number of hydrogen-bond acceptors (Lipinski definition) is 4. The van der Waals surface area contributed by atoms with Gasteiger partial charge in [0.2, 0.25) is 0 Å². The maximum atomic E-state index is 12.8. The number of para-hydroxylation sites is 1. The summed E-state index contributed by atoms with van der Waals surface area (Å²) in [6, 6.07) is 15.0. The maximum absolute atomic E-state index is 12.8. The summed E-state index contributed by atoms with van der Waals surface area (Å²) < 4.78 is 1.52. The first kappa shape index (κ1) is 14.6. The first-order valence-electron chi connectivity index (χ1n) is 7.65. The molecule has 5 aromatic rings. The lowest BCUT2D eigenvalue weighted by Crippen LogP contribution is -2.15. The molecule has 4 nitrogen and oxygen atoms in total. The van der Waals surface area contributed by atoms with Gasteiger partial charge in [-0.2, -0.15) is 0 Å². The van der Waals surface area contributed by atoms with Crippen LogP contribution < -0.4 is 5.56 Å². The van der Waals surface area contributed by atoms with Gasteiger partial charge in [-0.1, -0.05) is 35.9 Å². The van der Waals surface area contributed by atoms with E-state index in [-0.39, 0.29) is 5.56 Å². The Bertz CT molecular complexity index is 1320. The average molecular weight is 364 g/mol. The second-order valence-corrected chi connectivity index (χ2v) is 7.00. The van der Waals surface area contributed by atoms with Gasteiger partial charge in [-0.3, -0.25) is 4.79 Å². The Morgan fingerprint density at radius 2 is 1.84 bits per heavy atom. The molecule has 0 atom stereocenters. The zero-order valence-corrected chi connectivity index (χ0v) is 14.4. The van der Waals surface area contributed by atoms with E-state index in [1.165, 1.54) is 15.7 Å². The van der Waals surface area contributed by atoms with Crippen LogP contribution in [0.4, 0.5) is 0 Å². The fourth-order valence-corrected chi connectivity index (χ4v) is 4.08. The van der Waals surface area contributed by atoms with Crippen molar-refractivity contribution in [2.45, 2.75) is 0 Å². The van der Waals surface area contributed by atoms with Gasteiger partial charge in [0.25, 0.3) is 5.56 Å². The van der Waals surface area contributed by atoms with Crippen molar-refractivity contribution in [3.8, 4) is 11.1 Å². The van der Waals surface area contributed by atoms with E-state index < -0.39 is 0 Å². The van der Waals surface area contributed by atoms with Crippen LogP contribution >= 0.6 is 22.9 Å². The number of rotatable bonds is 1. The topological polar surface area (TPSA) is 47.3 Å². The molecule has 6 heteroatoms. The Balaban J connectivity index is 1.95. The lowest BCUT2D eigenvalue weighted by Gasteiger charge is -2.06. The molecule has 0 bridgehead atoms. The number of halogens is 1.